The van der Waals surface area contributed by atoms with Crippen LogP contribution in [0.5, 0.6) is 0 Å². The highest BCUT2D eigenvalue weighted by Crippen LogP contribution is 2.25. The number of nitrogens with zero attached hydrogens (tertiary/aromatic N) is 1. The first kappa shape index (κ1) is 18.4. The van der Waals surface area contributed by atoms with Gasteiger partial charge in [-0.1, -0.05) is 19.9 Å². The van der Waals surface area contributed by atoms with Gasteiger partial charge >= 0.3 is 5.97 Å². The summed E-state index contributed by atoms with van der Waals surface area (Å²) in [5.41, 5.74) is 0.954. The molecule has 2 atom stereocenters. The van der Waals surface area contributed by atoms with Crippen LogP contribution in [0.4, 0.5) is 0 Å². The van der Waals surface area contributed by atoms with Crippen LogP contribution in [0.2, 0.25) is 0 Å². The molecule has 0 saturated carbocycles. The summed E-state index contributed by atoms with van der Waals surface area (Å²) < 4.78 is 23.9. The number of carbonyl (C=O) groups excluding carboxylic acids is 1. The molecule has 1 aliphatic heterocycles. The van der Waals surface area contributed by atoms with Gasteiger partial charge in [0.1, 0.15) is 0 Å². The Morgan fingerprint density at radius 3 is 2.50 bits per heavy atom. The lowest BCUT2D eigenvalue weighted by atomic mass is 9.90. The van der Waals surface area contributed by atoms with Gasteiger partial charge in [-0.15, -0.1) is 0 Å². The van der Waals surface area contributed by atoms with Gasteiger partial charge in [-0.05, 0) is 36.5 Å². The van der Waals surface area contributed by atoms with E-state index in [0.29, 0.717) is 24.9 Å². The number of likely N-dealkylation sites (tertiary alicyclic amines) is 1. The Balaban J connectivity index is 2.34. The molecule has 1 N–H and O–H groups in total. The van der Waals surface area contributed by atoms with E-state index in [-0.39, 0.29) is 28.8 Å². The number of amides is 1. The second-order valence-electron chi connectivity index (χ2n) is 6.53. The molecule has 1 heterocycles. The van der Waals surface area contributed by atoms with E-state index >= 15 is 0 Å². The Morgan fingerprint density at radius 1 is 1.29 bits per heavy atom. The van der Waals surface area contributed by atoms with Crippen molar-refractivity contribution in [3.8, 4) is 0 Å². The van der Waals surface area contributed by atoms with Crippen molar-refractivity contribution < 1.29 is 23.1 Å². The molecule has 24 heavy (non-hydrogen) atoms. The van der Waals surface area contributed by atoms with Crippen LogP contribution in [0.1, 0.15) is 36.2 Å². The Labute approximate surface area is 142 Å². The highest BCUT2D eigenvalue weighted by Gasteiger charge is 2.32. The molecular formula is C17H23NO5S. The minimum atomic E-state index is -3.43. The minimum Gasteiger partial charge on any atom is -0.481 e. The van der Waals surface area contributed by atoms with E-state index < -0.39 is 21.7 Å². The normalized spacial score (nSPS) is 21.5. The molecule has 1 saturated heterocycles. The van der Waals surface area contributed by atoms with Crippen molar-refractivity contribution in [3.05, 3.63) is 29.3 Å². The van der Waals surface area contributed by atoms with Gasteiger partial charge in [0.2, 0.25) is 0 Å². The van der Waals surface area contributed by atoms with Crippen molar-refractivity contribution in [1.29, 1.82) is 0 Å². The number of aliphatic carboxylic acids is 1. The lowest BCUT2D eigenvalue weighted by Crippen LogP contribution is -2.45. The molecule has 7 heteroatoms. The third-order valence-corrected chi connectivity index (χ3v) is 5.57. The maximum atomic E-state index is 12.7. The fraction of sp³-hybridized carbons (Fsp3) is 0.529. The second kappa shape index (κ2) is 6.93. The molecule has 1 amide bonds. The lowest BCUT2D eigenvalue weighted by Gasteiger charge is -2.34. The van der Waals surface area contributed by atoms with Crippen molar-refractivity contribution >= 4 is 21.7 Å². The first-order chi connectivity index (χ1) is 11.1. The molecule has 1 aliphatic rings. The summed E-state index contributed by atoms with van der Waals surface area (Å²) in [4.78, 5) is 25.7. The zero-order valence-electron chi connectivity index (χ0n) is 14.2. The van der Waals surface area contributed by atoms with Crippen LogP contribution in [0.25, 0.3) is 0 Å². The van der Waals surface area contributed by atoms with Crippen molar-refractivity contribution in [2.24, 2.45) is 11.8 Å². The van der Waals surface area contributed by atoms with Crippen molar-refractivity contribution in [3.63, 3.8) is 0 Å². The number of carboxylic acid groups (broad SMARTS) is 1. The third kappa shape index (κ3) is 3.95. The van der Waals surface area contributed by atoms with Crippen LogP contribution in [-0.4, -0.2) is 49.6 Å². The van der Waals surface area contributed by atoms with Gasteiger partial charge < -0.3 is 10.0 Å². The van der Waals surface area contributed by atoms with Crippen LogP contribution >= 0.6 is 0 Å². The Morgan fingerprint density at radius 2 is 1.96 bits per heavy atom. The molecule has 2 unspecified atom stereocenters. The molecule has 1 aromatic rings. The van der Waals surface area contributed by atoms with Gasteiger partial charge in [0.25, 0.3) is 5.91 Å². The van der Waals surface area contributed by atoms with Crippen LogP contribution in [0.15, 0.2) is 23.1 Å². The van der Waals surface area contributed by atoms with Gasteiger partial charge in [-0.3, -0.25) is 9.59 Å². The largest absolute Gasteiger partial charge is 0.481 e. The molecule has 0 radical (unpaired) electrons. The molecule has 1 aromatic carbocycles. The van der Waals surface area contributed by atoms with Crippen molar-refractivity contribution in [2.45, 2.75) is 31.6 Å². The SMILES string of the molecule is CCc1ccc(C(=O)N2CC(C)CC(C(=O)O)C2)cc1S(C)(=O)=O. The van der Waals surface area contributed by atoms with E-state index in [2.05, 4.69) is 0 Å². The highest BCUT2D eigenvalue weighted by atomic mass is 32.2. The number of carboxylic acids is 1. The van der Waals surface area contributed by atoms with E-state index in [9.17, 15) is 23.1 Å². The Bertz CT molecular complexity index is 756. The van der Waals surface area contributed by atoms with E-state index in [1.54, 1.807) is 12.1 Å². The Kier molecular flexibility index (Phi) is 5.32. The van der Waals surface area contributed by atoms with Gasteiger partial charge in [0, 0.05) is 24.9 Å². The standard InChI is InChI=1S/C17H23NO5S/c1-4-12-5-6-13(8-15(12)24(3,22)23)16(19)18-9-11(2)7-14(10-18)17(20)21/h5-6,8,11,14H,4,7,9-10H2,1-3H3,(H,20,21). The Hall–Kier alpha value is -1.89. The average molecular weight is 353 g/mol. The van der Waals surface area contributed by atoms with Gasteiger partial charge in [-0.2, -0.15) is 0 Å². The maximum absolute atomic E-state index is 12.7. The number of rotatable bonds is 4. The van der Waals surface area contributed by atoms with Gasteiger partial charge in [0.05, 0.1) is 10.8 Å². The monoisotopic (exact) mass is 353 g/mol. The second-order valence-corrected chi connectivity index (χ2v) is 8.52. The lowest BCUT2D eigenvalue weighted by molar-refractivity contribution is -0.143. The van der Waals surface area contributed by atoms with Gasteiger partial charge in [-0.25, -0.2) is 8.42 Å². The topological polar surface area (TPSA) is 91.8 Å². The van der Waals surface area contributed by atoms with E-state index in [1.165, 1.54) is 11.0 Å². The zero-order chi connectivity index (χ0) is 18.1. The summed E-state index contributed by atoms with van der Waals surface area (Å²) in [6, 6.07) is 4.68. The number of carbonyl (C=O) groups is 2. The fourth-order valence-corrected chi connectivity index (χ4v) is 4.23. The maximum Gasteiger partial charge on any atom is 0.308 e. The molecule has 2 rings (SSSR count). The molecule has 0 bridgehead atoms. The molecule has 1 fully saturated rings. The number of hydrogen-bond donors (Lipinski definition) is 1. The first-order valence-electron chi connectivity index (χ1n) is 7.98. The summed E-state index contributed by atoms with van der Waals surface area (Å²) in [6.45, 7) is 4.40. The van der Waals surface area contributed by atoms with E-state index in [4.69, 9.17) is 0 Å². The zero-order valence-corrected chi connectivity index (χ0v) is 15.0. The third-order valence-electron chi connectivity index (χ3n) is 4.39. The van der Waals surface area contributed by atoms with Crippen LogP contribution in [0, 0.1) is 11.8 Å². The molecule has 6 nitrogen and oxygen atoms in total. The number of piperidine rings is 1. The number of sulfone groups is 1. The molecular weight excluding hydrogens is 330 g/mol. The molecule has 0 aliphatic carbocycles. The van der Waals surface area contributed by atoms with Crippen molar-refractivity contribution in [2.75, 3.05) is 19.3 Å². The number of hydrogen-bond acceptors (Lipinski definition) is 4. The quantitative estimate of drug-likeness (QED) is 0.892. The molecule has 0 spiro atoms. The smallest absolute Gasteiger partial charge is 0.308 e. The van der Waals surface area contributed by atoms with Crippen LogP contribution in [-0.2, 0) is 21.1 Å². The summed E-state index contributed by atoms with van der Waals surface area (Å²) in [7, 11) is -3.43. The van der Waals surface area contributed by atoms with Crippen LogP contribution < -0.4 is 0 Å². The fourth-order valence-electron chi connectivity index (χ4n) is 3.20. The summed E-state index contributed by atoms with van der Waals surface area (Å²) in [5, 5.41) is 9.23. The predicted molar refractivity (Wildman–Crippen MR) is 89.7 cm³/mol. The van der Waals surface area contributed by atoms with Crippen molar-refractivity contribution in [1.82, 2.24) is 4.90 Å². The molecule has 132 valence electrons. The number of benzene rings is 1. The number of aryl methyl sites for hydroxylation is 1. The predicted octanol–water partition coefficient (Wildman–Crippen LogP) is 1.84. The average Bonchev–Trinajstić information content (AvgIpc) is 2.52. The summed E-state index contributed by atoms with van der Waals surface area (Å²) >= 11 is 0. The summed E-state index contributed by atoms with van der Waals surface area (Å²) in [5.74, 6) is -1.71. The first-order valence-corrected chi connectivity index (χ1v) is 9.87. The summed E-state index contributed by atoms with van der Waals surface area (Å²) in [6.07, 6.45) is 2.22. The van der Waals surface area contributed by atoms with E-state index in [0.717, 1.165) is 6.26 Å². The van der Waals surface area contributed by atoms with Gasteiger partial charge in [0.15, 0.2) is 9.84 Å². The minimum absolute atomic E-state index is 0.0908. The van der Waals surface area contributed by atoms with Crippen LogP contribution in [0.3, 0.4) is 0 Å². The van der Waals surface area contributed by atoms with E-state index in [1.807, 2.05) is 13.8 Å². The molecule has 0 aromatic heterocycles. The highest BCUT2D eigenvalue weighted by molar-refractivity contribution is 7.90.